The number of carbonyl (C=O) groups is 2. The summed E-state index contributed by atoms with van der Waals surface area (Å²) in [5.74, 6) is -2.71. The molecule has 1 heterocycles. The Balaban J connectivity index is 1.95. The first-order chi connectivity index (χ1) is 10.8. The van der Waals surface area contributed by atoms with Crippen LogP contribution in [0.15, 0.2) is 41.0 Å². The number of hydrogen-bond donors (Lipinski definition) is 3. The number of amides is 2. The number of anilines is 1. The third-order valence-corrected chi connectivity index (χ3v) is 3.34. The predicted octanol–water partition coefficient (Wildman–Crippen LogP) is 2.03. The van der Waals surface area contributed by atoms with E-state index in [1.807, 2.05) is 0 Å². The second-order valence-electron chi connectivity index (χ2n) is 4.99. The highest BCUT2D eigenvalue weighted by Gasteiger charge is 2.28. The quantitative estimate of drug-likeness (QED) is 0.743. The summed E-state index contributed by atoms with van der Waals surface area (Å²) < 4.78 is 18.7. The third kappa shape index (κ3) is 4.08. The van der Waals surface area contributed by atoms with Gasteiger partial charge in [0.2, 0.25) is 0 Å². The molecule has 1 atom stereocenters. The number of furan rings is 1. The Morgan fingerprint density at radius 1 is 1.30 bits per heavy atom. The molecule has 0 saturated heterocycles. The largest absolute Gasteiger partial charge is 0.466 e. The molecule has 3 N–H and O–H groups in total. The summed E-state index contributed by atoms with van der Waals surface area (Å²) >= 11 is 5.58. The Morgan fingerprint density at radius 2 is 2.04 bits per heavy atom. The molecule has 8 heteroatoms. The molecule has 0 fully saturated rings. The molecule has 0 spiro atoms. The van der Waals surface area contributed by atoms with Crippen molar-refractivity contribution in [2.24, 2.45) is 0 Å². The average molecular weight is 341 g/mol. The Kier molecular flexibility index (Phi) is 5.02. The van der Waals surface area contributed by atoms with E-state index >= 15 is 0 Å². The van der Waals surface area contributed by atoms with Crippen molar-refractivity contribution in [2.45, 2.75) is 12.5 Å². The van der Waals surface area contributed by atoms with Crippen molar-refractivity contribution in [1.82, 2.24) is 5.32 Å². The Labute approximate surface area is 136 Å². The van der Waals surface area contributed by atoms with Gasteiger partial charge in [0, 0.05) is 0 Å². The maximum absolute atomic E-state index is 13.7. The lowest BCUT2D eigenvalue weighted by Gasteiger charge is -2.20. The SMILES string of the molecule is CC(O)(CNC(=O)C(=O)Nc1cccc(Cl)c1F)c1ccco1. The van der Waals surface area contributed by atoms with Crippen LogP contribution < -0.4 is 10.6 Å². The van der Waals surface area contributed by atoms with Crippen LogP contribution in [-0.4, -0.2) is 23.5 Å². The van der Waals surface area contributed by atoms with Crippen LogP contribution >= 0.6 is 11.6 Å². The normalized spacial score (nSPS) is 13.2. The van der Waals surface area contributed by atoms with Gasteiger partial charge in [0.25, 0.3) is 0 Å². The molecule has 0 aliphatic rings. The maximum Gasteiger partial charge on any atom is 0.313 e. The zero-order valence-corrected chi connectivity index (χ0v) is 12.9. The maximum atomic E-state index is 13.7. The number of aliphatic hydroxyl groups is 1. The molecule has 122 valence electrons. The van der Waals surface area contributed by atoms with E-state index in [9.17, 15) is 19.1 Å². The first-order valence-electron chi connectivity index (χ1n) is 6.61. The van der Waals surface area contributed by atoms with E-state index in [1.54, 1.807) is 6.07 Å². The highest BCUT2D eigenvalue weighted by Crippen LogP contribution is 2.22. The lowest BCUT2D eigenvalue weighted by Crippen LogP contribution is -2.43. The smallest absolute Gasteiger partial charge is 0.313 e. The van der Waals surface area contributed by atoms with Gasteiger partial charge in [-0.25, -0.2) is 4.39 Å². The summed E-state index contributed by atoms with van der Waals surface area (Å²) in [7, 11) is 0. The van der Waals surface area contributed by atoms with Gasteiger partial charge >= 0.3 is 11.8 Å². The summed E-state index contributed by atoms with van der Waals surface area (Å²) in [6.07, 6.45) is 1.38. The van der Waals surface area contributed by atoms with Crippen molar-refractivity contribution in [2.75, 3.05) is 11.9 Å². The van der Waals surface area contributed by atoms with Gasteiger partial charge in [-0.15, -0.1) is 0 Å². The van der Waals surface area contributed by atoms with Gasteiger partial charge in [0.1, 0.15) is 11.4 Å². The molecule has 0 aliphatic carbocycles. The summed E-state index contributed by atoms with van der Waals surface area (Å²) in [5.41, 5.74) is -1.70. The van der Waals surface area contributed by atoms with Gasteiger partial charge in [0.05, 0.1) is 23.5 Å². The van der Waals surface area contributed by atoms with E-state index in [4.69, 9.17) is 16.0 Å². The van der Waals surface area contributed by atoms with Gasteiger partial charge in [-0.2, -0.15) is 0 Å². The molecular formula is C15H14ClFN2O4. The van der Waals surface area contributed by atoms with E-state index in [1.165, 1.54) is 37.5 Å². The second-order valence-corrected chi connectivity index (χ2v) is 5.40. The van der Waals surface area contributed by atoms with Crippen LogP contribution in [0.2, 0.25) is 5.02 Å². The van der Waals surface area contributed by atoms with Crippen LogP contribution in [0.5, 0.6) is 0 Å². The van der Waals surface area contributed by atoms with Gasteiger partial charge in [-0.05, 0) is 31.2 Å². The van der Waals surface area contributed by atoms with Crippen LogP contribution in [0.4, 0.5) is 10.1 Å². The Bertz CT molecular complexity index is 716. The van der Waals surface area contributed by atoms with E-state index in [0.717, 1.165) is 0 Å². The molecule has 0 saturated carbocycles. The van der Waals surface area contributed by atoms with Crippen molar-refractivity contribution in [3.05, 3.63) is 53.2 Å². The molecule has 0 aliphatic heterocycles. The van der Waals surface area contributed by atoms with Crippen molar-refractivity contribution >= 4 is 29.1 Å². The molecule has 2 rings (SSSR count). The van der Waals surface area contributed by atoms with E-state index < -0.39 is 23.2 Å². The number of halogens is 2. The zero-order valence-electron chi connectivity index (χ0n) is 12.1. The minimum atomic E-state index is -1.49. The van der Waals surface area contributed by atoms with Gasteiger partial charge in [0.15, 0.2) is 5.82 Å². The summed E-state index contributed by atoms with van der Waals surface area (Å²) in [6.45, 7) is 1.16. The third-order valence-electron chi connectivity index (χ3n) is 3.05. The lowest BCUT2D eigenvalue weighted by atomic mass is 10.0. The zero-order chi connectivity index (χ0) is 17.0. The van der Waals surface area contributed by atoms with Crippen molar-refractivity contribution in [1.29, 1.82) is 0 Å². The number of benzene rings is 1. The summed E-state index contributed by atoms with van der Waals surface area (Å²) in [5, 5.41) is 14.3. The molecule has 0 bridgehead atoms. The molecule has 2 amide bonds. The van der Waals surface area contributed by atoms with Crippen molar-refractivity contribution in [3.8, 4) is 0 Å². The summed E-state index contributed by atoms with van der Waals surface area (Å²) in [4.78, 5) is 23.5. The molecular weight excluding hydrogens is 327 g/mol. The Hall–Kier alpha value is -2.38. The second kappa shape index (κ2) is 6.80. The van der Waals surface area contributed by atoms with Gasteiger partial charge in [-0.1, -0.05) is 17.7 Å². The Morgan fingerprint density at radius 3 is 2.70 bits per heavy atom. The molecule has 1 aromatic heterocycles. The predicted molar refractivity (Wildman–Crippen MR) is 81.3 cm³/mol. The molecule has 1 aromatic carbocycles. The molecule has 0 radical (unpaired) electrons. The standard InChI is InChI=1S/C15H14ClFN2O4/c1-15(22,11-6-3-7-23-11)8-18-13(20)14(21)19-10-5-2-4-9(16)12(10)17/h2-7,22H,8H2,1H3,(H,18,20)(H,19,21). The molecule has 23 heavy (non-hydrogen) atoms. The topological polar surface area (TPSA) is 91.6 Å². The average Bonchev–Trinajstić information content (AvgIpc) is 3.04. The fraction of sp³-hybridized carbons (Fsp3) is 0.200. The van der Waals surface area contributed by atoms with Gasteiger partial charge in [-0.3, -0.25) is 9.59 Å². The lowest BCUT2D eigenvalue weighted by molar-refractivity contribution is -0.136. The fourth-order valence-corrected chi connectivity index (χ4v) is 1.96. The highest BCUT2D eigenvalue weighted by molar-refractivity contribution is 6.39. The van der Waals surface area contributed by atoms with Gasteiger partial charge < -0.3 is 20.2 Å². The molecule has 2 aromatic rings. The van der Waals surface area contributed by atoms with Crippen molar-refractivity contribution < 1.29 is 23.5 Å². The molecule has 6 nitrogen and oxygen atoms in total. The first-order valence-corrected chi connectivity index (χ1v) is 6.98. The highest BCUT2D eigenvalue weighted by atomic mass is 35.5. The van der Waals surface area contributed by atoms with Crippen LogP contribution in [0.3, 0.4) is 0 Å². The minimum Gasteiger partial charge on any atom is -0.466 e. The van der Waals surface area contributed by atoms with E-state index in [2.05, 4.69) is 10.6 Å². The minimum absolute atomic E-state index is 0.177. The van der Waals surface area contributed by atoms with E-state index in [0.29, 0.717) is 0 Å². The molecule has 1 unspecified atom stereocenters. The van der Waals surface area contributed by atoms with Crippen LogP contribution in [0.25, 0.3) is 0 Å². The van der Waals surface area contributed by atoms with Crippen LogP contribution in [0, 0.1) is 5.82 Å². The van der Waals surface area contributed by atoms with E-state index in [-0.39, 0.29) is 23.0 Å². The van der Waals surface area contributed by atoms with Crippen LogP contribution in [0.1, 0.15) is 12.7 Å². The summed E-state index contributed by atoms with van der Waals surface area (Å²) in [6, 6.07) is 7.13. The first kappa shape index (κ1) is 17.0. The monoisotopic (exact) mass is 340 g/mol. The number of hydrogen-bond acceptors (Lipinski definition) is 4. The van der Waals surface area contributed by atoms with Crippen LogP contribution in [-0.2, 0) is 15.2 Å². The number of nitrogens with one attached hydrogen (secondary N) is 2. The number of carbonyl (C=O) groups excluding carboxylic acids is 2. The number of rotatable bonds is 4. The fourth-order valence-electron chi connectivity index (χ4n) is 1.78. The van der Waals surface area contributed by atoms with Crippen molar-refractivity contribution in [3.63, 3.8) is 0 Å².